The fourth-order valence-corrected chi connectivity index (χ4v) is 3.64. The number of hydrogen-bond donors (Lipinski definition) is 1. The lowest BCUT2D eigenvalue weighted by molar-refractivity contribution is -0.145. The molecule has 2 aliphatic heterocycles. The van der Waals surface area contributed by atoms with E-state index in [1.807, 2.05) is 25.1 Å². The van der Waals surface area contributed by atoms with Gasteiger partial charge in [-0.25, -0.2) is 0 Å². The van der Waals surface area contributed by atoms with Crippen molar-refractivity contribution in [3.8, 4) is 0 Å². The molecule has 2 heterocycles. The molecule has 2 aliphatic rings. The van der Waals surface area contributed by atoms with Gasteiger partial charge in [0.25, 0.3) is 0 Å². The van der Waals surface area contributed by atoms with Gasteiger partial charge in [-0.15, -0.1) is 0 Å². The van der Waals surface area contributed by atoms with Crippen LogP contribution in [0.5, 0.6) is 0 Å². The number of hydrogen-bond acceptors (Lipinski definition) is 3. The van der Waals surface area contributed by atoms with Gasteiger partial charge in [0.2, 0.25) is 5.91 Å². The first-order valence-corrected chi connectivity index (χ1v) is 7.52. The van der Waals surface area contributed by atoms with E-state index in [0.29, 0.717) is 24.7 Å². The Morgan fingerprint density at radius 3 is 2.62 bits per heavy atom. The van der Waals surface area contributed by atoms with Crippen LogP contribution in [-0.2, 0) is 25.3 Å². The third-order valence-corrected chi connectivity index (χ3v) is 4.89. The molecule has 1 unspecified atom stereocenters. The molecule has 0 bridgehead atoms. The molecule has 3 rings (SSSR count). The molecule has 1 aromatic carbocycles. The first-order chi connectivity index (χ1) is 9.93. The molecule has 1 N–H and O–H groups in total. The summed E-state index contributed by atoms with van der Waals surface area (Å²) in [5, 5.41) is 3.68. The molecule has 1 fully saturated rings. The van der Waals surface area contributed by atoms with Gasteiger partial charge in [-0.2, -0.15) is 0 Å². The summed E-state index contributed by atoms with van der Waals surface area (Å²) in [4.78, 5) is 24.5. The van der Waals surface area contributed by atoms with Crippen molar-refractivity contribution in [2.24, 2.45) is 0 Å². The molecule has 21 heavy (non-hydrogen) atoms. The van der Waals surface area contributed by atoms with Crippen molar-refractivity contribution in [1.82, 2.24) is 5.32 Å². The third kappa shape index (κ3) is 2.00. The van der Waals surface area contributed by atoms with Crippen molar-refractivity contribution < 1.29 is 14.3 Å². The van der Waals surface area contributed by atoms with E-state index >= 15 is 0 Å². The van der Waals surface area contributed by atoms with Crippen LogP contribution in [0.25, 0.3) is 0 Å². The lowest BCUT2D eigenvalue weighted by atomic mass is 9.65. The van der Waals surface area contributed by atoms with Crippen LogP contribution in [0.1, 0.15) is 37.8 Å². The van der Waals surface area contributed by atoms with Crippen LogP contribution in [0.4, 0.5) is 0 Å². The summed E-state index contributed by atoms with van der Waals surface area (Å²) in [5.41, 5.74) is 0.625. The number of nitrogens with one attached hydrogen (secondary N) is 1. The fourth-order valence-electron chi connectivity index (χ4n) is 3.47. The first kappa shape index (κ1) is 14.5. The van der Waals surface area contributed by atoms with E-state index < -0.39 is 11.0 Å². The zero-order chi connectivity index (χ0) is 15.3. The second kappa shape index (κ2) is 4.82. The standard InChI is InChI=1S/C16H18ClNO3/c1-3-15(7-10(2)19)13-6-11(17)4-5-12(13)16(8-21-9-16)18-14(15)20/h4-6H,3,7-9H2,1-2H3,(H,18,20). The molecular weight excluding hydrogens is 290 g/mol. The van der Waals surface area contributed by atoms with Gasteiger partial charge in [0.15, 0.2) is 0 Å². The Hall–Kier alpha value is -1.39. The van der Waals surface area contributed by atoms with Gasteiger partial charge < -0.3 is 10.1 Å². The molecule has 1 saturated heterocycles. The van der Waals surface area contributed by atoms with Crippen LogP contribution in [0.3, 0.4) is 0 Å². The molecule has 0 aromatic heterocycles. The van der Waals surface area contributed by atoms with Crippen LogP contribution in [0, 0.1) is 0 Å². The molecule has 0 aliphatic carbocycles. The molecule has 1 atom stereocenters. The molecule has 0 radical (unpaired) electrons. The average Bonchev–Trinajstić information content (AvgIpc) is 2.39. The quantitative estimate of drug-likeness (QED) is 0.932. The second-order valence-electron chi connectivity index (χ2n) is 6.03. The number of carbonyl (C=O) groups is 2. The number of amides is 1. The summed E-state index contributed by atoms with van der Waals surface area (Å²) < 4.78 is 5.32. The molecule has 5 heteroatoms. The topological polar surface area (TPSA) is 55.4 Å². The van der Waals surface area contributed by atoms with Crippen molar-refractivity contribution in [2.45, 2.75) is 37.6 Å². The Kier molecular flexibility index (Phi) is 3.34. The van der Waals surface area contributed by atoms with Gasteiger partial charge >= 0.3 is 0 Å². The number of Topliss-reactive ketones (excluding diaryl/α,β-unsaturated/α-hetero) is 1. The number of ketones is 1. The maximum atomic E-state index is 12.8. The van der Waals surface area contributed by atoms with Gasteiger partial charge in [-0.1, -0.05) is 24.6 Å². The number of fused-ring (bicyclic) bond motifs is 2. The van der Waals surface area contributed by atoms with E-state index in [4.69, 9.17) is 16.3 Å². The number of ether oxygens (including phenoxy) is 1. The number of carbonyl (C=O) groups excluding carboxylic acids is 2. The van der Waals surface area contributed by atoms with Gasteiger partial charge in [0.05, 0.1) is 18.6 Å². The summed E-state index contributed by atoms with van der Waals surface area (Å²) >= 11 is 6.15. The Bertz CT molecular complexity index is 624. The monoisotopic (exact) mass is 307 g/mol. The zero-order valence-electron chi connectivity index (χ0n) is 12.2. The van der Waals surface area contributed by atoms with Gasteiger partial charge in [0.1, 0.15) is 11.3 Å². The van der Waals surface area contributed by atoms with Crippen LogP contribution in [0.15, 0.2) is 18.2 Å². The van der Waals surface area contributed by atoms with Crippen molar-refractivity contribution in [3.63, 3.8) is 0 Å². The van der Waals surface area contributed by atoms with E-state index in [0.717, 1.165) is 11.1 Å². The van der Waals surface area contributed by atoms with E-state index in [1.54, 1.807) is 0 Å². The van der Waals surface area contributed by atoms with Gasteiger partial charge in [0, 0.05) is 11.4 Å². The van der Waals surface area contributed by atoms with Gasteiger partial charge in [-0.3, -0.25) is 9.59 Å². The van der Waals surface area contributed by atoms with E-state index in [2.05, 4.69) is 5.32 Å². The van der Waals surface area contributed by atoms with Crippen LogP contribution in [-0.4, -0.2) is 24.9 Å². The summed E-state index contributed by atoms with van der Waals surface area (Å²) in [6, 6.07) is 5.61. The maximum Gasteiger partial charge on any atom is 0.231 e. The molecule has 0 saturated carbocycles. The minimum atomic E-state index is -0.826. The Morgan fingerprint density at radius 2 is 2.10 bits per heavy atom. The molecule has 1 spiro atoms. The highest BCUT2D eigenvalue weighted by molar-refractivity contribution is 6.30. The zero-order valence-corrected chi connectivity index (χ0v) is 12.9. The van der Waals surface area contributed by atoms with Crippen molar-refractivity contribution in [2.75, 3.05) is 13.2 Å². The molecule has 4 nitrogen and oxygen atoms in total. The number of halogens is 1. The highest BCUT2D eigenvalue weighted by Crippen LogP contribution is 2.46. The Labute approximate surface area is 128 Å². The summed E-state index contributed by atoms with van der Waals surface area (Å²) in [6.45, 7) is 4.38. The molecular formula is C16H18ClNO3. The lowest BCUT2D eigenvalue weighted by Crippen LogP contribution is -2.67. The van der Waals surface area contributed by atoms with Crippen molar-refractivity contribution in [1.29, 1.82) is 0 Å². The molecule has 1 aromatic rings. The average molecular weight is 308 g/mol. The van der Waals surface area contributed by atoms with Crippen LogP contribution >= 0.6 is 11.6 Å². The highest BCUT2D eigenvalue weighted by atomic mass is 35.5. The van der Waals surface area contributed by atoms with E-state index in [9.17, 15) is 9.59 Å². The largest absolute Gasteiger partial charge is 0.376 e. The predicted octanol–water partition coefficient (Wildman–Crippen LogP) is 2.32. The fraction of sp³-hybridized carbons (Fsp3) is 0.500. The minimum absolute atomic E-state index is 0.00117. The Morgan fingerprint density at radius 1 is 1.38 bits per heavy atom. The molecule has 112 valence electrons. The van der Waals surface area contributed by atoms with Crippen molar-refractivity contribution >= 4 is 23.3 Å². The lowest BCUT2D eigenvalue weighted by Gasteiger charge is -2.51. The Balaban J connectivity index is 2.22. The van der Waals surface area contributed by atoms with Gasteiger partial charge in [-0.05, 0) is 36.6 Å². The maximum absolute atomic E-state index is 12.8. The summed E-state index contributed by atoms with van der Waals surface area (Å²) in [7, 11) is 0. The molecule has 1 amide bonds. The normalized spacial score (nSPS) is 26.0. The smallest absolute Gasteiger partial charge is 0.231 e. The highest BCUT2D eigenvalue weighted by Gasteiger charge is 2.54. The van der Waals surface area contributed by atoms with E-state index in [-0.39, 0.29) is 18.1 Å². The first-order valence-electron chi connectivity index (χ1n) is 7.14. The SMILES string of the molecule is CCC1(CC(C)=O)C(=O)NC2(COC2)c2ccc(Cl)cc21. The second-order valence-corrected chi connectivity index (χ2v) is 6.47. The third-order valence-electron chi connectivity index (χ3n) is 4.65. The van der Waals surface area contributed by atoms with Crippen LogP contribution in [0.2, 0.25) is 5.02 Å². The predicted molar refractivity (Wildman–Crippen MR) is 79.4 cm³/mol. The number of rotatable bonds is 3. The minimum Gasteiger partial charge on any atom is -0.376 e. The summed E-state index contributed by atoms with van der Waals surface area (Å²) in [5.74, 6) is -0.1000. The number of benzene rings is 1. The van der Waals surface area contributed by atoms with Crippen molar-refractivity contribution in [3.05, 3.63) is 34.3 Å². The van der Waals surface area contributed by atoms with E-state index in [1.165, 1.54) is 6.92 Å². The van der Waals surface area contributed by atoms with Crippen LogP contribution < -0.4 is 5.32 Å². The summed E-state index contributed by atoms with van der Waals surface area (Å²) in [6.07, 6.45) is 0.752.